The summed E-state index contributed by atoms with van der Waals surface area (Å²) in [5.74, 6) is 0. The molecular formula is C13H14ClN. The van der Waals surface area contributed by atoms with Crippen molar-refractivity contribution in [3.05, 3.63) is 52.7 Å². The Hall–Kier alpha value is -1.34. The van der Waals surface area contributed by atoms with Gasteiger partial charge in [-0.2, -0.15) is 0 Å². The molecule has 0 saturated heterocycles. The second-order valence-electron chi connectivity index (χ2n) is 3.33. The SMILES string of the molecule is C=C/C(=C(/C)N=C)c1ccc(Cl)c(C)c1. The molecule has 0 atom stereocenters. The first kappa shape index (κ1) is 11.7. The number of benzene rings is 1. The first-order valence-electron chi connectivity index (χ1n) is 4.66. The van der Waals surface area contributed by atoms with Crippen LogP contribution >= 0.6 is 11.6 Å². The lowest BCUT2D eigenvalue weighted by Gasteiger charge is -2.07. The Kier molecular flexibility index (Phi) is 3.87. The molecule has 0 fully saturated rings. The number of nitrogens with zero attached hydrogens (tertiary/aromatic N) is 1. The number of allylic oxidation sites excluding steroid dienone is 3. The average molecular weight is 220 g/mol. The molecule has 0 aliphatic carbocycles. The highest BCUT2D eigenvalue weighted by atomic mass is 35.5. The van der Waals surface area contributed by atoms with E-state index in [1.165, 1.54) is 0 Å². The van der Waals surface area contributed by atoms with Crippen molar-refractivity contribution in [3.8, 4) is 0 Å². The van der Waals surface area contributed by atoms with Crippen LogP contribution in [0.4, 0.5) is 0 Å². The lowest BCUT2D eigenvalue weighted by molar-refractivity contribution is 1.32. The predicted molar refractivity (Wildman–Crippen MR) is 68.5 cm³/mol. The molecule has 0 amide bonds. The van der Waals surface area contributed by atoms with Gasteiger partial charge < -0.3 is 0 Å². The molecule has 0 unspecified atom stereocenters. The number of halogens is 1. The lowest BCUT2D eigenvalue weighted by Crippen LogP contribution is -1.86. The van der Waals surface area contributed by atoms with E-state index < -0.39 is 0 Å². The minimum Gasteiger partial charge on any atom is -0.269 e. The van der Waals surface area contributed by atoms with Crippen LogP contribution in [0.3, 0.4) is 0 Å². The molecule has 0 radical (unpaired) electrons. The van der Waals surface area contributed by atoms with Crippen molar-refractivity contribution in [3.63, 3.8) is 0 Å². The van der Waals surface area contributed by atoms with Gasteiger partial charge in [-0.25, -0.2) is 0 Å². The molecule has 0 aromatic heterocycles. The van der Waals surface area contributed by atoms with Crippen molar-refractivity contribution in [2.75, 3.05) is 0 Å². The maximum absolute atomic E-state index is 5.96. The van der Waals surface area contributed by atoms with Gasteiger partial charge in [-0.15, -0.1) is 0 Å². The summed E-state index contributed by atoms with van der Waals surface area (Å²) in [5.41, 5.74) is 3.97. The number of aryl methyl sites for hydroxylation is 1. The van der Waals surface area contributed by atoms with E-state index >= 15 is 0 Å². The Bertz CT molecular complexity index is 430. The zero-order valence-corrected chi connectivity index (χ0v) is 9.80. The molecule has 1 aromatic carbocycles. The van der Waals surface area contributed by atoms with Crippen molar-refractivity contribution >= 4 is 23.9 Å². The quantitative estimate of drug-likeness (QED) is 0.532. The zero-order valence-electron chi connectivity index (χ0n) is 9.05. The molecule has 2 heteroatoms. The van der Waals surface area contributed by atoms with E-state index in [4.69, 9.17) is 11.6 Å². The van der Waals surface area contributed by atoms with Crippen LogP contribution in [0.25, 0.3) is 5.57 Å². The molecule has 0 aliphatic heterocycles. The molecule has 0 N–H and O–H groups in total. The van der Waals surface area contributed by atoms with E-state index in [2.05, 4.69) is 18.3 Å². The number of rotatable bonds is 3. The molecule has 0 bridgehead atoms. The standard InChI is InChI=1S/C13H14ClN/c1-5-12(10(3)15-4)11-6-7-13(14)9(2)8-11/h5-8H,1,4H2,2-3H3/b12-10+. The summed E-state index contributed by atoms with van der Waals surface area (Å²) >= 11 is 5.96. The fourth-order valence-electron chi connectivity index (χ4n) is 1.37. The number of hydrogen-bond donors (Lipinski definition) is 0. The first-order chi connectivity index (χ1) is 7.10. The van der Waals surface area contributed by atoms with E-state index in [0.29, 0.717) is 0 Å². The topological polar surface area (TPSA) is 12.4 Å². The van der Waals surface area contributed by atoms with Gasteiger partial charge in [0, 0.05) is 16.3 Å². The van der Waals surface area contributed by atoms with Crippen LogP contribution in [0.2, 0.25) is 5.02 Å². The third-order valence-corrected chi connectivity index (χ3v) is 2.72. The van der Waals surface area contributed by atoms with Gasteiger partial charge in [-0.3, -0.25) is 4.99 Å². The minimum absolute atomic E-state index is 0.770. The minimum atomic E-state index is 0.770. The molecule has 0 spiro atoms. The molecule has 78 valence electrons. The van der Waals surface area contributed by atoms with Crippen LogP contribution in [0.15, 0.2) is 41.5 Å². The second kappa shape index (κ2) is 4.94. The predicted octanol–water partition coefficient (Wildman–Crippen LogP) is 4.27. The molecule has 0 saturated carbocycles. The van der Waals surface area contributed by atoms with Crippen molar-refractivity contribution in [2.24, 2.45) is 4.99 Å². The Balaban J connectivity index is 3.32. The average Bonchev–Trinajstić information content (AvgIpc) is 2.24. The summed E-state index contributed by atoms with van der Waals surface area (Å²) in [6.07, 6.45) is 1.78. The Morgan fingerprint density at radius 2 is 2.13 bits per heavy atom. The largest absolute Gasteiger partial charge is 0.269 e. The van der Waals surface area contributed by atoms with Gasteiger partial charge in [-0.05, 0) is 43.8 Å². The smallest absolute Gasteiger partial charge is 0.0443 e. The Morgan fingerprint density at radius 1 is 1.47 bits per heavy atom. The first-order valence-corrected chi connectivity index (χ1v) is 5.04. The van der Waals surface area contributed by atoms with Crippen molar-refractivity contribution in [1.29, 1.82) is 0 Å². The fourth-order valence-corrected chi connectivity index (χ4v) is 1.49. The maximum atomic E-state index is 5.96. The van der Waals surface area contributed by atoms with E-state index in [1.54, 1.807) is 6.08 Å². The molecule has 1 nitrogen and oxygen atoms in total. The molecule has 1 rings (SSSR count). The van der Waals surface area contributed by atoms with Gasteiger partial charge >= 0.3 is 0 Å². The van der Waals surface area contributed by atoms with Gasteiger partial charge in [0.2, 0.25) is 0 Å². The van der Waals surface area contributed by atoms with Crippen molar-refractivity contribution in [2.45, 2.75) is 13.8 Å². The summed E-state index contributed by atoms with van der Waals surface area (Å²) in [6.45, 7) is 11.2. The van der Waals surface area contributed by atoms with Crippen LogP contribution in [-0.4, -0.2) is 6.72 Å². The van der Waals surface area contributed by atoms with Crippen LogP contribution in [-0.2, 0) is 0 Å². The van der Waals surface area contributed by atoms with Crippen LogP contribution in [0.1, 0.15) is 18.1 Å². The highest BCUT2D eigenvalue weighted by Gasteiger charge is 2.03. The van der Waals surface area contributed by atoms with E-state index in [0.717, 1.165) is 27.4 Å². The molecule has 0 aliphatic rings. The summed E-state index contributed by atoms with van der Waals surface area (Å²) in [5, 5.41) is 0.770. The highest BCUT2D eigenvalue weighted by Crippen LogP contribution is 2.24. The fraction of sp³-hybridized carbons (Fsp3) is 0.154. The highest BCUT2D eigenvalue weighted by molar-refractivity contribution is 6.31. The third kappa shape index (κ3) is 2.57. The van der Waals surface area contributed by atoms with E-state index in [1.807, 2.05) is 32.0 Å². The Labute approximate surface area is 95.8 Å². The number of hydrogen-bond acceptors (Lipinski definition) is 1. The maximum Gasteiger partial charge on any atom is 0.0443 e. The molecule has 15 heavy (non-hydrogen) atoms. The van der Waals surface area contributed by atoms with Gasteiger partial charge in [0.05, 0.1) is 0 Å². The van der Waals surface area contributed by atoms with Crippen LogP contribution < -0.4 is 0 Å². The summed E-state index contributed by atoms with van der Waals surface area (Å²) in [6, 6.07) is 5.86. The van der Waals surface area contributed by atoms with E-state index in [9.17, 15) is 0 Å². The van der Waals surface area contributed by atoms with Crippen molar-refractivity contribution < 1.29 is 0 Å². The van der Waals surface area contributed by atoms with Crippen molar-refractivity contribution in [1.82, 2.24) is 0 Å². The zero-order chi connectivity index (χ0) is 11.4. The summed E-state index contributed by atoms with van der Waals surface area (Å²) in [4.78, 5) is 3.91. The third-order valence-electron chi connectivity index (χ3n) is 2.30. The van der Waals surface area contributed by atoms with Gasteiger partial charge in [0.25, 0.3) is 0 Å². The molecule has 0 heterocycles. The second-order valence-corrected chi connectivity index (χ2v) is 3.73. The Morgan fingerprint density at radius 3 is 2.60 bits per heavy atom. The van der Waals surface area contributed by atoms with Gasteiger partial charge in [-0.1, -0.05) is 30.3 Å². The van der Waals surface area contributed by atoms with Gasteiger partial charge in [0.15, 0.2) is 0 Å². The monoisotopic (exact) mass is 219 g/mol. The normalized spacial score (nSPS) is 11.9. The van der Waals surface area contributed by atoms with Gasteiger partial charge in [0.1, 0.15) is 0 Å². The van der Waals surface area contributed by atoms with Crippen LogP contribution in [0.5, 0.6) is 0 Å². The summed E-state index contributed by atoms with van der Waals surface area (Å²) in [7, 11) is 0. The summed E-state index contributed by atoms with van der Waals surface area (Å²) < 4.78 is 0. The van der Waals surface area contributed by atoms with E-state index in [-0.39, 0.29) is 0 Å². The number of aliphatic imine (C=N–C) groups is 1. The molecular weight excluding hydrogens is 206 g/mol. The van der Waals surface area contributed by atoms with Crippen LogP contribution in [0, 0.1) is 6.92 Å². The molecule has 1 aromatic rings. The lowest BCUT2D eigenvalue weighted by atomic mass is 10.0.